The van der Waals surface area contributed by atoms with Crippen molar-refractivity contribution in [2.24, 2.45) is 0 Å². The molecular weight excluding hydrogens is 248 g/mol. The summed E-state index contributed by atoms with van der Waals surface area (Å²) < 4.78 is 2.21. The Bertz CT molecular complexity index is 519. The molecule has 0 aliphatic rings. The molecule has 0 aromatic carbocycles. The van der Waals surface area contributed by atoms with Gasteiger partial charge >= 0.3 is 0 Å². The normalized spacial score (nSPS) is 13.4. The molecule has 5 heteroatoms. The molecule has 2 aromatic heterocycles. The van der Waals surface area contributed by atoms with Crippen molar-refractivity contribution in [2.45, 2.75) is 25.3 Å². The molecule has 4 nitrogen and oxygen atoms in total. The molecule has 0 radical (unpaired) electrons. The van der Waals surface area contributed by atoms with Crippen LogP contribution >= 0.6 is 11.6 Å². The number of alkyl halides is 1. The first kappa shape index (κ1) is 13.3. The van der Waals surface area contributed by atoms with Gasteiger partial charge in [-0.1, -0.05) is 0 Å². The minimum Gasteiger partial charge on any atom is -0.327 e. The van der Waals surface area contributed by atoms with Gasteiger partial charge in [0.05, 0.1) is 17.1 Å². The highest BCUT2D eigenvalue weighted by Crippen LogP contribution is 2.24. The summed E-state index contributed by atoms with van der Waals surface area (Å²) in [5.41, 5.74) is 2.04. The molecule has 2 heterocycles. The topological polar surface area (TPSA) is 34.0 Å². The smallest absolute Gasteiger partial charge is 0.127 e. The third-order valence-electron chi connectivity index (χ3n) is 2.92. The van der Waals surface area contributed by atoms with E-state index in [2.05, 4.69) is 33.5 Å². The predicted molar refractivity (Wildman–Crippen MR) is 75.0 cm³/mol. The number of hydrogen-bond donors (Lipinski definition) is 0. The van der Waals surface area contributed by atoms with Crippen LogP contribution in [-0.4, -0.2) is 40.1 Å². The Kier molecular flexibility index (Phi) is 4.19. The van der Waals surface area contributed by atoms with E-state index < -0.39 is 0 Å². The van der Waals surface area contributed by atoms with Gasteiger partial charge < -0.3 is 9.47 Å². The Balaban J connectivity index is 2.30. The highest BCUT2D eigenvalue weighted by atomic mass is 35.5. The lowest BCUT2D eigenvalue weighted by atomic mass is 10.3. The largest absolute Gasteiger partial charge is 0.327 e. The number of nitrogens with zero attached hydrogens (tertiary/aromatic N) is 4. The van der Waals surface area contributed by atoms with Crippen LogP contribution in [-0.2, 0) is 6.54 Å². The van der Waals surface area contributed by atoms with Crippen molar-refractivity contribution >= 4 is 22.6 Å². The fourth-order valence-electron chi connectivity index (χ4n) is 2.08. The molecule has 0 spiro atoms. The summed E-state index contributed by atoms with van der Waals surface area (Å²) in [4.78, 5) is 10.9. The lowest BCUT2D eigenvalue weighted by Crippen LogP contribution is -2.16. The summed E-state index contributed by atoms with van der Waals surface area (Å²) in [5, 5.41) is -0.0863. The van der Waals surface area contributed by atoms with Crippen molar-refractivity contribution in [2.75, 3.05) is 20.6 Å². The third kappa shape index (κ3) is 2.82. The van der Waals surface area contributed by atoms with Crippen molar-refractivity contribution in [1.82, 2.24) is 19.4 Å². The zero-order chi connectivity index (χ0) is 13.1. The van der Waals surface area contributed by atoms with Crippen LogP contribution in [0.5, 0.6) is 0 Å². The maximum Gasteiger partial charge on any atom is 0.127 e. The monoisotopic (exact) mass is 266 g/mol. The van der Waals surface area contributed by atoms with Crippen molar-refractivity contribution in [3.8, 4) is 0 Å². The summed E-state index contributed by atoms with van der Waals surface area (Å²) in [6, 6.07) is 2.00. The van der Waals surface area contributed by atoms with Crippen LogP contribution in [0.25, 0.3) is 11.0 Å². The molecule has 2 rings (SSSR count). The first-order valence-electron chi connectivity index (χ1n) is 6.18. The lowest BCUT2D eigenvalue weighted by Gasteiger charge is -2.13. The predicted octanol–water partition coefficient (Wildman–Crippen LogP) is 2.68. The second-order valence-electron chi connectivity index (χ2n) is 4.76. The van der Waals surface area contributed by atoms with Gasteiger partial charge in [-0.15, -0.1) is 11.6 Å². The fourth-order valence-corrected chi connectivity index (χ4v) is 2.25. The van der Waals surface area contributed by atoms with Crippen LogP contribution in [0, 0.1) is 0 Å². The van der Waals surface area contributed by atoms with Crippen LogP contribution in [0.2, 0.25) is 0 Å². The Morgan fingerprint density at radius 2 is 2.22 bits per heavy atom. The average molecular weight is 267 g/mol. The number of fused-ring (bicyclic) bond motifs is 1. The van der Waals surface area contributed by atoms with E-state index in [1.165, 1.54) is 0 Å². The Morgan fingerprint density at radius 3 is 2.89 bits per heavy atom. The maximum absolute atomic E-state index is 6.21. The Labute approximate surface area is 113 Å². The quantitative estimate of drug-likeness (QED) is 0.781. The van der Waals surface area contributed by atoms with E-state index in [9.17, 15) is 0 Å². The number of imidazole rings is 1. The molecule has 0 saturated carbocycles. The standard InChI is InChI=1S/C13H19ClN4/c1-10(14)13-16-11-9-15-6-5-12(11)18(13)8-4-7-17(2)3/h5-6,9-10H,4,7-8H2,1-3H3. The molecule has 1 atom stereocenters. The SMILES string of the molecule is CC(Cl)c1nc2cnccc2n1CCCN(C)C. The minimum atomic E-state index is -0.0863. The van der Waals surface area contributed by atoms with Crippen LogP contribution in [0.3, 0.4) is 0 Å². The molecule has 0 aliphatic heterocycles. The summed E-state index contributed by atoms with van der Waals surface area (Å²) in [6.07, 6.45) is 4.67. The van der Waals surface area contributed by atoms with Gasteiger partial charge in [-0.2, -0.15) is 0 Å². The van der Waals surface area contributed by atoms with Gasteiger partial charge in [-0.25, -0.2) is 4.98 Å². The van der Waals surface area contributed by atoms with Gasteiger partial charge in [0.15, 0.2) is 0 Å². The summed E-state index contributed by atoms with van der Waals surface area (Å²) in [7, 11) is 4.17. The molecule has 0 bridgehead atoms. The zero-order valence-corrected chi connectivity index (χ0v) is 11.9. The van der Waals surface area contributed by atoms with Gasteiger partial charge in [0.2, 0.25) is 0 Å². The molecule has 2 aromatic rings. The van der Waals surface area contributed by atoms with Crippen LogP contribution in [0.15, 0.2) is 18.5 Å². The maximum atomic E-state index is 6.21. The number of aromatic nitrogens is 3. The first-order valence-corrected chi connectivity index (χ1v) is 6.62. The number of aryl methyl sites for hydroxylation is 1. The molecule has 98 valence electrons. The molecule has 0 N–H and O–H groups in total. The fraction of sp³-hybridized carbons (Fsp3) is 0.538. The van der Waals surface area contributed by atoms with Gasteiger partial charge in [0.1, 0.15) is 11.3 Å². The Morgan fingerprint density at radius 1 is 1.44 bits per heavy atom. The van der Waals surface area contributed by atoms with Gasteiger partial charge in [0.25, 0.3) is 0 Å². The molecular formula is C13H19ClN4. The third-order valence-corrected chi connectivity index (χ3v) is 3.12. The number of halogens is 1. The van der Waals surface area contributed by atoms with E-state index in [0.29, 0.717) is 0 Å². The molecule has 0 saturated heterocycles. The van der Waals surface area contributed by atoms with E-state index in [1.807, 2.05) is 13.0 Å². The van der Waals surface area contributed by atoms with E-state index >= 15 is 0 Å². The number of pyridine rings is 1. The summed E-state index contributed by atoms with van der Waals surface area (Å²) in [6.45, 7) is 3.95. The molecule has 0 fully saturated rings. The van der Waals surface area contributed by atoms with Crippen molar-refractivity contribution < 1.29 is 0 Å². The van der Waals surface area contributed by atoms with Crippen molar-refractivity contribution in [3.63, 3.8) is 0 Å². The molecule has 1 unspecified atom stereocenters. The second-order valence-corrected chi connectivity index (χ2v) is 5.41. The Hall–Kier alpha value is -1.13. The van der Waals surface area contributed by atoms with Crippen molar-refractivity contribution in [3.05, 3.63) is 24.3 Å². The van der Waals surface area contributed by atoms with Gasteiger partial charge in [-0.05, 0) is 40.1 Å². The number of hydrogen-bond acceptors (Lipinski definition) is 3. The van der Waals surface area contributed by atoms with Gasteiger partial charge in [-0.3, -0.25) is 4.98 Å². The zero-order valence-electron chi connectivity index (χ0n) is 11.1. The van der Waals surface area contributed by atoms with Crippen LogP contribution in [0.1, 0.15) is 24.5 Å². The van der Waals surface area contributed by atoms with E-state index in [-0.39, 0.29) is 5.38 Å². The highest BCUT2D eigenvalue weighted by molar-refractivity contribution is 6.20. The van der Waals surface area contributed by atoms with Gasteiger partial charge in [0, 0.05) is 12.7 Å². The molecule has 0 aliphatic carbocycles. The van der Waals surface area contributed by atoms with E-state index in [1.54, 1.807) is 12.4 Å². The average Bonchev–Trinajstić information content (AvgIpc) is 2.68. The second kappa shape index (κ2) is 5.67. The summed E-state index contributed by atoms with van der Waals surface area (Å²) in [5.74, 6) is 0.929. The molecule has 0 amide bonds. The van der Waals surface area contributed by atoms with E-state index in [0.717, 1.165) is 36.4 Å². The lowest BCUT2D eigenvalue weighted by molar-refractivity contribution is 0.386. The highest BCUT2D eigenvalue weighted by Gasteiger charge is 2.14. The minimum absolute atomic E-state index is 0.0863. The summed E-state index contributed by atoms with van der Waals surface area (Å²) >= 11 is 6.21. The first-order chi connectivity index (χ1) is 8.59. The number of rotatable bonds is 5. The van der Waals surface area contributed by atoms with Crippen molar-refractivity contribution in [1.29, 1.82) is 0 Å². The van der Waals surface area contributed by atoms with E-state index in [4.69, 9.17) is 11.6 Å². The van der Waals surface area contributed by atoms with Crippen LogP contribution in [0.4, 0.5) is 0 Å². The molecule has 18 heavy (non-hydrogen) atoms. The van der Waals surface area contributed by atoms with Crippen LogP contribution < -0.4 is 0 Å².